The van der Waals surface area contributed by atoms with Crippen LogP contribution in [0.15, 0.2) is 24.3 Å². The average molecular weight is 330 g/mol. The first-order valence-electron chi connectivity index (χ1n) is 8.47. The van der Waals surface area contributed by atoms with Gasteiger partial charge in [-0.05, 0) is 39.6 Å². The van der Waals surface area contributed by atoms with E-state index in [1.54, 1.807) is 0 Å². The number of para-hydroxylation sites is 1. The first kappa shape index (κ1) is 17.1. The lowest BCUT2D eigenvalue weighted by Gasteiger charge is -2.33. The molecule has 6 heteroatoms. The van der Waals surface area contributed by atoms with E-state index in [0.29, 0.717) is 13.2 Å². The van der Waals surface area contributed by atoms with Gasteiger partial charge in [0.25, 0.3) is 0 Å². The number of ether oxygens (including phenoxy) is 2. The molecule has 1 fully saturated rings. The maximum atomic E-state index is 6.05. The Morgan fingerprint density at radius 3 is 2.96 bits per heavy atom. The number of rotatable bonds is 6. The van der Waals surface area contributed by atoms with Gasteiger partial charge in [0, 0.05) is 18.5 Å². The third-order valence-corrected chi connectivity index (χ3v) is 4.21. The van der Waals surface area contributed by atoms with Crippen molar-refractivity contribution < 1.29 is 9.47 Å². The second-order valence-corrected chi connectivity index (χ2v) is 6.46. The highest BCUT2D eigenvalue weighted by Crippen LogP contribution is 2.23. The zero-order valence-corrected chi connectivity index (χ0v) is 14.7. The Labute approximate surface area is 143 Å². The normalized spacial score (nSPS) is 21.3. The second-order valence-electron chi connectivity index (χ2n) is 6.46. The van der Waals surface area contributed by atoms with Gasteiger partial charge in [-0.1, -0.05) is 12.1 Å². The van der Waals surface area contributed by atoms with E-state index in [4.69, 9.17) is 9.47 Å². The van der Waals surface area contributed by atoms with Gasteiger partial charge in [0.2, 0.25) is 0 Å². The van der Waals surface area contributed by atoms with Crippen LogP contribution in [0.4, 0.5) is 5.82 Å². The fourth-order valence-corrected chi connectivity index (χ4v) is 2.91. The van der Waals surface area contributed by atoms with E-state index in [-0.39, 0.29) is 12.1 Å². The molecule has 1 saturated heterocycles. The zero-order valence-electron chi connectivity index (χ0n) is 14.7. The van der Waals surface area contributed by atoms with Gasteiger partial charge in [0.1, 0.15) is 17.7 Å². The van der Waals surface area contributed by atoms with Crippen LogP contribution in [0.3, 0.4) is 0 Å². The number of aromatic nitrogens is 2. The van der Waals surface area contributed by atoms with Gasteiger partial charge in [-0.3, -0.25) is 0 Å². The minimum absolute atomic E-state index is 0.0349. The Morgan fingerprint density at radius 2 is 2.12 bits per heavy atom. The second kappa shape index (κ2) is 7.88. The molecule has 0 saturated carbocycles. The molecule has 2 atom stereocenters. The summed E-state index contributed by atoms with van der Waals surface area (Å²) < 4.78 is 11.7. The summed E-state index contributed by atoms with van der Waals surface area (Å²) in [6.45, 7) is 4.88. The first-order chi connectivity index (χ1) is 11.6. The van der Waals surface area contributed by atoms with Crippen LogP contribution < -0.4 is 5.32 Å². The molecule has 1 N–H and O–H groups in total. The van der Waals surface area contributed by atoms with E-state index < -0.39 is 0 Å². The summed E-state index contributed by atoms with van der Waals surface area (Å²) in [5.74, 6) is 1.65. The summed E-state index contributed by atoms with van der Waals surface area (Å²) in [5.41, 5.74) is 0.963. The molecule has 130 valence electrons. The number of nitrogens with zero attached hydrogens (tertiary/aromatic N) is 3. The molecule has 1 aliphatic rings. The van der Waals surface area contributed by atoms with E-state index in [1.807, 2.05) is 39.2 Å². The molecule has 0 spiro atoms. The molecular formula is C18H26N4O2. The van der Waals surface area contributed by atoms with Gasteiger partial charge in [-0.15, -0.1) is 0 Å². The summed E-state index contributed by atoms with van der Waals surface area (Å²) in [5, 5.41) is 4.63. The molecule has 1 aliphatic heterocycles. The van der Waals surface area contributed by atoms with E-state index in [9.17, 15) is 0 Å². The number of anilines is 1. The number of benzene rings is 1. The van der Waals surface area contributed by atoms with Crippen LogP contribution in [0, 0.1) is 6.92 Å². The minimum atomic E-state index is 0.0349. The van der Waals surface area contributed by atoms with E-state index in [1.165, 1.54) is 0 Å². The fourth-order valence-electron chi connectivity index (χ4n) is 2.91. The number of hydrogen-bond acceptors (Lipinski definition) is 6. The van der Waals surface area contributed by atoms with Crippen molar-refractivity contribution in [1.82, 2.24) is 14.9 Å². The topological polar surface area (TPSA) is 59.5 Å². The molecule has 24 heavy (non-hydrogen) atoms. The van der Waals surface area contributed by atoms with Gasteiger partial charge in [0.15, 0.2) is 0 Å². The van der Waals surface area contributed by atoms with E-state index in [2.05, 4.69) is 26.3 Å². The molecule has 2 aromatic rings. The van der Waals surface area contributed by atoms with Gasteiger partial charge >= 0.3 is 0 Å². The third-order valence-electron chi connectivity index (χ3n) is 4.21. The number of hydrogen-bond donors (Lipinski definition) is 1. The standard InChI is InChI=1S/C18H26N4O2/c1-13-19-15-7-5-4-6-14(15)18(20-13)21-16-8-10-23-12-17(16)24-11-9-22(2)3/h4-7,16-17H,8-12H2,1-3H3,(H,19,20,21)/t16-,17-/m1/s1. The van der Waals surface area contributed by atoms with Crippen LogP contribution >= 0.6 is 0 Å². The number of likely N-dealkylation sites (N-methyl/N-ethyl adjacent to an activating group) is 1. The zero-order chi connectivity index (χ0) is 16.9. The van der Waals surface area contributed by atoms with Gasteiger partial charge < -0.3 is 19.7 Å². The van der Waals surface area contributed by atoms with Crippen LogP contribution in [0.2, 0.25) is 0 Å². The number of fused-ring (bicyclic) bond motifs is 1. The lowest BCUT2D eigenvalue weighted by Crippen LogP contribution is -2.44. The highest BCUT2D eigenvalue weighted by atomic mass is 16.5. The number of aryl methyl sites for hydroxylation is 1. The highest BCUT2D eigenvalue weighted by Gasteiger charge is 2.27. The Kier molecular flexibility index (Phi) is 5.60. The van der Waals surface area contributed by atoms with Crippen LogP contribution in [-0.2, 0) is 9.47 Å². The van der Waals surface area contributed by atoms with Gasteiger partial charge in [-0.25, -0.2) is 9.97 Å². The summed E-state index contributed by atoms with van der Waals surface area (Å²) in [7, 11) is 4.10. The smallest absolute Gasteiger partial charge is 0.137 e. The van der Waals surface area contributed by atoms with Crippen molar-refractivity contribution in [2.45, 2.75) is 25.5 Å². The number of nitrogens with one attached hydrogen (secondary N) is 1. The maximum Gasteiger partial charge on any atom is 0.137 e. The summed E-state index contributed by atoms with van der Waals surface area (Å²) in [6.07, 6.45) is 0.942. The first-order valence-corrected chi connectivity index (χ1v) is 8.47. The maximum absolute atomic E-state index is 6.05. The van der Waals surface area contributed by atoms with Crippen molar-refractivity contribution in [2.24, 2.45) is 0 Å². The van der Waals surface area contributed by atoms with Gasteiger partial charge in [0.05, 0.1) is 24.8 Å². The predicted octanol–water partition coefficient (Wildman–Crippen LogP) is 2.09. The van der Waals surface area contributed by atoms with Crippen molar-refractivity contribution in [3.05, 3.63) is 30.1 Å². The lowest BCUT2D eigenvalue weighted by atomic mass is 10.1. The monoisotopic (exact) mass is 330 g/mol. The van der Waals surface area contributed by atoms with Crippen LogP contribution in [-0.4, -0.2) is 67.5 Å². The SMILES string of the molecule is Cc1nc(N[C@@H]2CCOC[C@H]2OCCN(C)C)c2ccccc2n1. The Hall–Kier alpha value is -1.76. The molecule has 1 aromatic carbocycles. The van der Waals surface area contributed by atoms with Crippen molar-refractivity contribution >= 4 is 16.7 Å². The largest absolute Gasteiger partial charge is 0.379 e. The predicted molar refractivity (Wildman–Crippen MR) is 95.4 cm³/mol. The molecule has 0 aliphatic carbocycles. The molecular weight excluding hydrogens is 304 g/mol. The molecule has 6 nitrogen and oxygen atoms in total. The molecule has 0 bridgehead atoms. The Bertz CT molecular complexity index is 677. The molecule has 3 rings (SSSR count). The van der Waals surface area contributed by atoms with Crippen LogP contribution in [0.1, 0.15) is 12.2 Å². The molecule has 0 radical (unpaired) electrons. The minimum Gasteiger partial charge on any atom is -0.379 e. The molecule has 0 unspecified atom stereocenters. The van der Waals surface area contributed by atoms with Crippen molar-refractivity contribution in [2.75, 3.05) is 45.8 Å². The summed E-state index contributed by atoms with van der Waals surface area (Å²) in [6, 6.07) is 8.28. The van der Waals surface area contributed by atoms with Gasteiger partial charge in [-0.2, -0.15) is 0 Å². The molecule has 2 heterocycles. The van der Waals surface area contributed by atoms with E-state index in [0.717, 1.165) is 42.1 Å². The van der Waals surface area contributed by atoms with Crippen LogP contribution in [0.5, 0.6) is 0 Å². The van der Waals surface area contributed by atoms with Crippen LogP contribution in [0.25, 0.3) is 10.9 Å². The molecule has 1 aromatic heterocycles. The van der Waals surface area contributed by atoms with Crippen molar-refractivity contribution in [3.8, 4) is 0 Å². The molecule has 0 amide bonds. The lowest BCUT2D eigenvalue weighted by molar-refractivity contribution is -0.0592. The fraction of sp³-hybridized carbons (Fsp3) is 0.556. The van der Waals surface area contributed by atoms with Crippen molar-refractivity contribution in [1.29, 1.82) is 0 Å². The van der Waals surface area contributed by atoms with E-state index >= 15 is 0 Å². The highest BCUT2D eigenvalue weighted by molar-refractivity contribution is 5.89. The summed E-state index contributed by atoms with van der Waals surface area (Å²) in [4.78, 5) is 11.2. The summed E-state index contributed by atoms with van der Waals surface area (Å²) >= 11 is 0. The third kappa shape index (κ3) is 4.20. The Balaban J connectivity index is 1.75. The average Bonchev–Trinajstić information content (AvgIpc) is 2.56. The quantitative estimate of drug-likeness (QED) is 0.875. The van der Waals surface area contributed by atoms with Crippen molar-refractivity contribution in [3.63, 3.8) is 0 Å². The Morgan fingerprint density at radius 1 is 1.29 bits per heavy atom.